The fraction of sp³-hybridized carbons (Fsp3) is 0.486. The van der Waals surface area contributed by atoms with Crippen LogP contribution >= 0.6 is 0 Å². The number of fused-ring (bicyclic) bond motifs is 1. The van der Waals surface area contributed by atoms with Crippen LogP contribution in [-0.2, 0) is 4.74 Å². The summed E-state index contributed by atoms with van der Waals surface area (Å²) < 4.78 is 31.1. The minimum atomic E-state index is -0.576. The van der Waals surface area contributed by atoms with Crippen LogP contribution in [0.3, 0.4) is 0 Å². The molecular formula is C35H47FN6O7. The van der Waals surface area contributed by atoms with Crippen LogP contribution in [0.4, 0.5) is 31.0 Å². The number of likely N-dealkylation sites (N-methyl/N-ethyl adjacent to an activating group) is 1. The Bertz CT molecular complexity index is 1560. The maximum atomic E-state index is 14.4. The van der Waals surface area contributed by atoms with Gasteiger partial charge >= 0.3 is 12.1 Å². The molecule has 0 aliphatic carbocycles. The normalized spacial score (nSPS) is 19.6. The number of amides is 5. The number of aliphatic hydroxyl groups excluding tert-OH is 1. The summed E-state index contributed by atoms with van der Waals surface area (Å²) in [5.74, 6) is -0.256. The van der Waals surface area contributed by atoms with Crippen molar-refractivity contribution in [1.29, 1.82) is 0 Å². The summed E-state index contributed by atoms with van der Waals surface area (Å²) >= 11 is 0. The summed E-state index contributed by atoms with van der Waals surface area (Å²) in [6.45, 7) is 9.56. The Kier molecular flexibility index (Phi) is 13.0. The van der Waals surface area contributed by atoms with Gasteiger partial charge in [-0.1, -0.05) is 12.1 Å². The number of aliphatic hydroxyl groups is 1. The van der Waals surface area contributed by atoms with Gasteiger partial charge in [0.25, 0.3) is 5.91 Å². The van der Waals surface area contributed by atoms with Crippen LogP contribution in [0.2, 0.25) is 0 Å². The lowest BCUT2D eigenvalue weighted by Gasteiger charge is -2.35. The zero-order chi connectivity index (χ0) is 35.7. The van der Waals surface area contributed by atoms with Crippen molar-refractivity contribution in [3.05, 3.63) is 65.3 Å². The van der Waals surface area contributed by atoms with Crippen LogP contribution in [0.5, 0.6) is 5.75 Å². The highest BCUT2D eigenvalue weighted by Gasteiger charge is 2.31. The molecule has 0 spiro atoms. The predicted molar refractivity (Wildman–Crippen MR) is 184 cm³/mol. The molecule has 14 heteroatoms. The van der Waals surface area contributed by atoms with Crippen molar-refractivity contribution in [2.45, 2.75) is 72.1 Å². The zero-order valence-electron chi connectivity index (χ0n) is 28.9. The average Bonchev–Trinajstić information content (AvgIpc) is 3.38. The van der Waals surface area contributed by atoms with E-state index in [2.05, 4.69) is 21.1 Å². The third-order valence-corrected chi connectivity index (χ3v) is 8.48. The smallest absolute Gasteiger partial charge is 0.323 e. The molecule has 0 unspecified atom stereocenters. The van der Waals surface area contributed by atoms with Crippen LogP contribution in [0.1, 0.15) is 61.8 Å². The van der Waals surface area contributed by atoms with E-state index in [9.17, 15) is 23.9 Å². The number of nitrogens with zero attached hydrogens (tertiary/aromatic N) is 3. The van der Waals surface area contributed by atoms with Gasteiger partial charge in [-0.15, -0.1) is 0 Å². The lowest BCUT2D eigenvalue weighted by atomic mass is 10.0. The molecule has 1 aliphatic heterocycles. The van der Waals surface area contributed by atoms with Crippen molar-refractivity contribution in [2.24, 2.45) is 5.92 Å². The third kappa shape index (κ3) is 10.2. The van der Waals surface area contributed by atoms with E-state index in [-0.39, 0.29) is 37.3 Å². The molecule has 0 radical (unpaired) electrons. The molecule has 2 aromatic carbocycles. The summed E-state index contributed by atoms with van der Waals surface area (Å²) in [6.07, 6.45) is 1.59. The molecule has 49 heavy (non-hydrogen) atoms. The van der Waals surface area contributed by atoms with E-state index >= 15 is 0 Å². The Morgan fingerprint density at radius 3 is 2.47 bits per heavy atom. The first kappa shape index (κ1) is 37.1. The molecule has 0 bridgehead atoms. The van der Waals surface area contributed by atoms with E-state index in [1.807, 2.05) is 13.8 Å². The third-order valence-electron chi connectivity index (χ3n) is 8.48. The first-order valence-corrected chi connectivity index (χ1v) is 16.5. The van der Waals surface area contributed by atoms with Gasteiger partial charge in [0.05, 0.1) is 30.4 Å². The molecule has 0 saturated heterocycles. The number of anilines is 3. The largest absolute Gasteiger partial charge is 0.490 e. The Morgan fingerprint density at radius 1 is 1.08 bits per heavy atom. The van der Waals surface area contributed by atoms with Crippen LogP contribution in [0.15, 0.2) is 47.0 Å². The molecule has 2 heterocycles. The van der Waals surface area contributed by atoms with E-state index in [1.54, 1.807) is 50.9 Å². The van der Waals surface area contributed by atoms with Gasteiger partial charge in [-0.05, 0) is 89.4 Å². The molecule has 266 valence electrons. The van der Waals surface area contributed by atoms with Crippen LogP contribution in [0.25, 0.3) is 0 Å². The van der Waals surface area contributed by atoms with Gasteiger partial charge in [0.2, 0.25) is 0 Å². The van der Waals surface area contributed by atoms with E-state index in [0.717, 1.165) is 12.8 Å². The number of nitrogens with one attached hydrogen (secondary N) is 3. The molecule has 0 fully saturated rings. The standard InChI is InChI=1S/C35H47FN6O7/c1-21-18-42(22(2)20-43)33(44)29-17-28(37-34(45)39-32-24(4)40-49-25(32)5)14-15-30(29)48-23(3)9-7-8-16-47-31(21)19-41(6)35(46)38-27-12-10-26(36)11-13-27/h10-15,17,21-23,31,43H,7-9,16,18-20H2,1-6H3,(H,38,46)(H2,37,39,45)/t21-,22-,23+,31+/m1/s1. The van der Waals surface area contributed by atoms with E-state index < -0.39 is 35.9 Å². The monoisotopic (exact) mass is 682 g/mol. The topological polar surface area (TPSA) is 158 Å². The molecule has 5 amide bonds. The number of halogens is 1. The Labute approximate surface area is 286 Å². The first-order chi connectivity index (χ1) is 23.4. The molecule has 1 aromatic heterocycles. The van der Waals surface area contributed by atoms with Gasteiger partial charge in [0, 0.05) is 44.0 Å². The van der Waals surface area contributed by atoms with Gasteiger partial charge in [-0.2, -0.15) is 0 Å². The van der Waals surface area contributed by atoms with Gasteiger partial charge < -0.3 is 44.9 Å². The minimum absolute atomic E-state index is 0.192. The summed E-state index contributed by atoms with van der Waals surface area (Å²) in [6, 6.07) is 8.87. The Morgan fingerprint density at radius 2 is 1.80 bits per heavy atom. The predicted octanol–water partition coefficient (Wildman–Crippen LogP) is 6.03. The number of urea groups is 2. The molecule has 3 aromatic rings. The summed E-state index contributed by atoms with van der Waals surface area (Å²) in [7, 11) is 1.64. The number of rotatable bonds is 7. The second-order valence-electron chi connectivity index (χ2n) is 12.6. The fourth-order valence-corrected chi connectivity index (χ4v) is 5.51. The number of aromatic nitrogens is 1. The highest BCUT2D eigenvalue weighted by Crippen LogP contribution is 2.29. The molecule has 1 aliphatic rings. The number of carbonyl (C=O) groups excluding carboxylic acids is 3. The number of carbonyl (C=O) groups is 3. The maximum Gasteiger partial charge on any atom is 0.323 e. The molecular weight excluding hydrogens is 635 g/mol. The van der Waals surface area contributed by atoms with Crippen molar-refractivity contribution in [2.75, 3.05) is 49.3 Å². The number of ether oxygens (including phenoxy) is 2. The second kappa shape index (κ2) is 17.1. The van der Waals surface area contributed by atoms with Crippen LogP contribution in [-0.4, -0.2) is 89.6 Å². The fourth-order valence-electron chi connectivity index (χ4n) is 5.51. The van der Waals surface area contributed by atoms with Crippen molar-refractivity contribution in [3.8, 4) is 5.75 Å². The van der Waals surface area contributed by atoms with Gasteiger partial charge in [-0.25, -0.2) is 14.0 Å². The summed E-state index contributed by atoms with van der Waals surface area (Å²) in [5.41, 5.74) is 2.01. The Balaban J connectivity index is 1.58. The van der Waals surface area contributed by atoms with E-state index in [4.69, 9.17) is 14.0 Å². The van der Waals surface area contributed by atoms with Crippen molar-refractivity contribution >= 4 is 35.0 Å². The highest BCUT2D eigenvalue weighted by molar-refractivity contribution is 6.03. The number of hydrogen-bond acceptors (Lipinski definition) is 8. The number of aryl methyl sites for hydroxylation is 2. The van der Waals surface area contributed by atoms with E-state index in [0.29, 0.717) is 47.3 Å². The zero-order valence-corrected chi connectivity index (χ0v) is 28.9. The summed E-state index contributed by atoms with van der Waals surface area (Å²) in [5, 5.41) is 22.3. The lowest BCUT2D eigenvalue weighted by molar-refractivity contribution is -0.0115. The molecule has 4 N–H and O–H groups in total. The average molecular weight is 683 g/mol. The quantitative estimate of drug-likeness (QED) is 0.235. The van der Waals surface area contributed by atoms with Crippen LogP contribution in [0, 0.1) is 25.6 Å². The SMILES string of the molecule is Cc1noc(C)c1NC(=O)Nc1ccc2c(c1)C(=O)N([C@H](C)CO)C[C@@H](C)[C@H](CN(C)C(=O)Nc1ccc(F)cc1)OCCCC[C@H](C)O2. The molecule has 4 rings (SSSR count). The van der Waals surface area contributed by atoms with Crippen molar-refractivity contribution in [3.63, 3.8) is 0 Å². The Hall–Kier alpha value is -4.69. The number of hydrogen-bond donors (Lipinski definition) is 4. The molecule has 0 saturated carbocycles. The first-order valence-electron chi connectivity index (χ1n) is 16.5. The summed E-state index contributed by atoms with van der Waals surface area (Å²) in [4.78, 5) is 43.3. The van der Waals surface area contributed by atoms with Gasteiger partial charge in [0.1, 0.15) is 22.9 Å². The lowest BCUT2D eigenvalue weighted by Crippen LogP contribution is -2.48. The van der Waals surface area contributed by atoms with Crippen LogP contribution < -0.4 is 20.7 Å². The van der Waals surface area contributed by atoms with Crippen molar-refractivity contribution < 1.29 is 37.9 Å². The van der Waals surface area contributed by atoms with Crippen molar-refractivity contribution in [1.82, 2.24) is 15.0 Å². The van der Waals surface area contributed by atoms with Gasteiger partial charge in [0.15, 0.2) is 5.76 Å². The van der Waals surface area contributed by atoms with Gasteiger partial charge in [-0.3, -0.25) is 4.79 Å². The van der Waals surface area contributed by atoms with E-state index in [1.165, 1.54) is 29.2 Å². The molecule has 4 atom stereocenters. The highest BCUT2D eigenvalue weighted by atomic mass is 19.1. The minimum Gasteiger partial charge on any atom is -0.490 e. The maximum absolute atomic E-state index is 14.4. The number of benzene rings is 2. The molecule has 13 nitrogen and oxygen atoms in total. The second-order valence-corrected chi connectivity index (χ2v) is 12.6.